The van der Waals surface area contributed by atoms with Crippen molar-refractivity contribution in [2.45, 2.75) is 30.7 Å². The number of esters is 1. The highest BCUT2D eigenvalue weighted by molar-refractivity contribution is 7.89. The fourth-order valence-corrected chi connectivity index (χ4v) is 4.26. The Labute approximate surface area is 146 Å². The molecule has 2 rings (SSSR count). The summed E-state index contributed by atoms with van der Waals surface area (Å²) in [7, 11) is -3.83. The first kappa shape index (κ1) is 18.7. The smallest absolute Gasteiger partial charge is 0.324 e. The molecule has 0 unspecified atom stereocenters. The molecule has 132 valence electrons. The lowest BCUT2D eigenvalue weighted by Crippen LogP contribution is -2.42. The molecular formula is C15H19ClN2O5S. The first-order valence-corrected chi connectivity index (χ1v) is 9.39. The number of likely N-dealkylation sites (N-methyl/N-ethyl adjacent to an activating group) is 1. The Morgan fingerprint density at radius 1 is 1.33 bits per heavy atom. The van der Waals surface area contributed by atoms with Gasteiger partial charge in [0.1, 0.15) is 6.04 Å². The summed E-state index contributed by atoms with van der Waals surface area (Å²) >= 11 is 5.78. The van der Waals surface area contributed by atoms with Gasteiger partial charge in [0, 0.05) is 18.1 Å². The quantitative estimate of drug-likeness (QED) is 0.754. The van der Waals surface area contributed by atoms with Gasteiger partial charge in [-0.05, 0) is 44.0 Å². The van der Waals surface area contributed by atoms with Crippen molar-refractivity contribution in [2.24, 2.45) is 0 Å². The molecule has 24 heavy (non-hydrogen) atoms. The summed E-state index contributed by atoms with van der Waals surface area (Å²) in [5.74, 6) is -1.13. The molecule has 9 heteroatoms. The van der Waals surface area contributed by atoms with Crippen LogP contribution < -0.4 is 5.32 Å². The van der Waals surface area contributed by atoms with Gasteiger partial charge >= 0.3 is 5.97 Å². The summed E-state index contributed by atoms with van der Waals surface area (Å²) in [5, 5.41) is 2.93. The summed E-state index contributed by atoms with van der Waals surface area (Å²) in [6.45, 7) is 1.98. The predicted octanol–water partition coefficient (Wildman–Crippen LogP) is 1.17. The van der Waals surface area contributed by atoms with Crippen molar-refractivity contribution in [3.05, 3.63) is 29.3 Å². The average Bonchev–Trinajstić information content (AvgIpc) is 3.04. The first-order valence-electron chi connectivity index (χ1n) is 7.57. The molecule has 0 bridgehead atoms. The van der Waals surface area contributed by atoms with Gasteiger partial charge in [-0.15, -0.1) is 0 Å². The number of benzene rings is 1. The fraction of sp³-hybridized carbons (Fsp3) is 0.467. The van der Waals surface area contributed by atoms with E-state index in [1.54, 1.807) is 6.92 Å². The maximum atomic E-state index is 12.7. The number of hydrogen-bond acceptors (Lipinski definition) is 5. The van der Waals surface area contributed by atoms with Crippen LogP contribution in [0.4, 0.5) is 0 Å². The summed E-state index contributed by atoms with van der Waals surface area (Å²) < 4.78 is 31.5. The maximum Gasteiger partial charge on any atom is 0.324 e. The third-order valence-electron chi connectivity index (χ3n) is 3.62. The minimum absolute atomic E-state index is 0.0651. The topological polar surface area (TPSA) is 92.8 Å². The molecule has 1 heterocycles. The molecule has 1 N–H and O–H groups in total. The van der Waals surface area contributed by atoms with Gasteiger partial charge in [-0.25, -0.2) is 8.42 Å². The minimum atomic E-state index is -3.83. The lowest BCUT2D eigenvalue weighted by atomic mass is 10.2. The van der Waals surface area contributed by atoms with Gasteiger partial charge in [-0.1, -0.05) is 11.6 Å². The van der Waals surface area contributed by atoms with Crippen molar-refractivity contribution >= 4 is 33.5 Å². The van der Waals surface area contributed by atoms with Gasteiger partial charge in [-0.2, -0.15) is 4.31 Å². The molecule has 7 nitrogen and oxygen atoms in total. The summed E-state index contributed by atoms with van der Waals surface area (Å²) in [5.41, 5.74) is 0. The Balaban J connectivity index is 2.10. The van der Waals surface area contributed by atoms with Gasteiger partial charge in [-0.3, -0.25) is 9.59 Å². The number of sulfonamides is 1. The maximum absolute atomic E-state index is 12.7. The van der Waals surface area contributed by atoms with Crippen LogP contribution >= 0.6 is 11.6 Å². The Morgan fingerprint density at radius 2 is 2.00 bits per heavy atom. The number of ether oxygens (including phenoxy) is 1. The van der Waals surface area contributed by atoms with Crippen LogP contribution in [0.25, 0.3) is 0 Å². The van der Waals surface area contributed by atoms with E-state index < -0.39 is 34.5 Å². The molecule has 0 saturated carbocycles. The van der Waals surface area contributed by atoms with Crippen LogP contribution in [-0.2, 0) is 24.3 Å². The number of rotatable bonds is 6. The Kier molecular flexibility index (Phi) is 6.20. The van der Waals surface area contributed by atoms with Crippen LogP contribution in [0.3, 0.4) is 0 Å². The number of nitrogens with zero attached hydrogens (tertiary/aromatic N) is 1. The molecule has 0 aliphatic carbocycles. The van der Waals surface area contributed by atoms with E-state index in [4.69, 9.17) is 16.3 Å². The molecular weight excluding hydrogens is 356 g/mol. The summed E-state index contributed by atoms with van der Waals surface area (Å²) in [6, 6.07) is 4.83. The van der Waals surface area contributed by atoms with Gasteiger partial charge in [0.2, 0.25) is 10.0 Å². The second kappa shape index (κ2) is 7.96. The molecule has 1 aromatic rings. The number of carbonyl (C=O) groups is 2. The van der Waals surface area contributed by atoms with Crippen molar-refractivity contribution in [3.63, 3.8) is 0 Å². The van der Waals surface area contributed by atoms with Crippen molar-refractivity contribution < 1.29 is 22.7 Å². The van der Waals surface area contributed by atoms with Gasteiger partial charge in [0.15, 0.2) is 6.61 Å². The molecule has 0 radical (unpaired) electrons. The standard InChI is InChI=1S/C15H19ClN2O5S/c1-2-17-14(19)10-23-15(20)13-4-3-9-18(13)24(21,22)12-7-5-11(16)6-8-12/h5-8,13H,2-4,9-10H2,1H3,(H,17,19)/t13-/m1/s1. The van der Waals surface area contributed by atoms with Crippen LogP contribution in [0.1, 0.15) is 19.8 Å². The Hall–Kier alpha value is -1.64. The van der Waals surface area contributed by atoms with E-state index in [9.17, 15) is 18.0 Å². The predicted molar refractivity (Wildman–Crippen MR) is 88.0 cm³/mol. The second-order valence-corrected chi connectivity index (χ2v) is 7.62. The largest absolute Gasteiger partial charge is 0.454 e. The number of nitrogens with one attached hydrogen (secondary N) is 1. The highest BCUT2D eigenvalue weighted by atomic mass is 35.5. The van der Waals surface area contributed by atoms with Crippen LogP contribution in [-0.4, -0.2) is 50.3 Å². The SMILES string of the molecule is CCNC(=O)COC(=O)[C@H]1CCCN1S(=O)(=O)c1ccc(Cl)cc1. The number of carbonyl (C=O) groups excluding carboxylic acids is 2. The van der Waals surface area contributed by atoms with E-state index in [0.717, 1.165) is 4.31 Å². The molecule has 1 amide bonds. The molecule has 1 saturated heterocycles. The van der Waals surface area contributed by atoms with E-state index >= 15 is 0 Å². The highest BCUT2D eigenvalue weighted by Gasteiger charge is 2.40. The van der Waals surface area contributed by atoms with Crippen molar-refractivity contribution in [2.75, 3.05) is 19.7 Å². The Bertz CT molecular complexity index is 705. The zero-order chi connectivity index (χ0) is 17.7. The third-order valence-corrected chi connectivity index (χ3v) is 5.79. The number of amides is 1. The van der Waals surface area contributed by atoms with Crippen molar-refractivity contribution in [3.8, 4) is 0 Å². The van der Waals surface area contributed by atoms with Gasteiger partial charge in [0.25, 0.3) is 5.91 Å². The monoisotopic (exact) mass is 374 g/mol. The Morgan fingerprint density at radius 3 is 2.62 bits per heavy atom. The number of hydrogen-bond donors (Lipinski definition) is 1. The molecule has 0 spiro atoms. The molecule has 1 aromatic carbocycles. The van der Waals surface area contributed by atoms with E-state index in [2.05, 4.69) is 5.32 Å². The molecule has 1 aliphatic heterocycles. The number of halogens is 1. The van der Waals surface area contributed by atoms with E-state index in [1.165, 1.54) is 24.3 Å². The molecule has 0 aromatic heterocycles. The van der Waals surface area contributed by atoms with Crippen molar-refractivity contribution in [1.82, 2.24) is 9.62 Å². The van der Waals surface area contributed by atoms with E-state index in [1.807, 2.05) is 0 Å². The lowest BCUT2D eigenvalue weighted by Gasteiger charge is -2.22. The van der Waals surface area contributed by atoms with E-state index in [-0.39, 0.29) is 11.4 Å². The minimum Gasteiger partial charge on any atom is -0.454 e. The summed E-state index contributed by atoms with van der Waals surface area (Å²) in [6.07, 6.45) is 0.912. The third kappa shape index (κ3) is 4.25. The second-order valence-electron chi connectivity index (χ2n) is 5.29. The van der Waals surface area contributed by atoms with Crippen LogP contribution in [0, 0.1) is 0 Å². The van der Waals surface area contributed by atoms with Gasteiger partial charge < -0.3 is 10.1 Å². The normalized spacial score (nSPS) is 18.3. The lowest BCUT2D eigenvalue weighted by molar-refractivity contribution is -0.151. The zero-order valence-corrected chi connectivity index (χ0v) is 14.8. The van der Waals surface area contributed by atoms with Crippen molar-refractivity contribution in [1.29, 1.82) is 0 Å². The van der Waals surface area contributed by atoms with Crippen LogP contribution in [0.15, 0.2) is 29.2 Å². The zero-order valence-electron chi connectivity index (χ0n) is 13.2. The average molecular weight is 375 g/mol. The van der Waals surface area contributed by atoms with Crippen LogP contribution in [0.5, 0.6) is 0 Å². The molecule has 1 atom stereocenters. The fourth-order valence-electron chi connectivity index (χ4n) is 2.49. The van der Waals surface area contributed by atoms with Crippen LogP contribution in [0.2, 0.25) is 5.02 Å². The molecule has 1 aliphatic rings. The highest BCUT2D eigenvalue weighted by Crippen LogP contribution is 2.27. The van der Waals surface area contributed by atoms with E-state index in [0.29, 0.717) is 24.4 Å². The first-order chi connectivity index (χ1) is 11.4. The van der Waals surface area contributed by atoms with Gasteiger partial charge in [0.05, 0.1) is 4.90 Å². The molecule has 1 fully saturated rings. The summed E-state index contributed by atoms with van der Waals surface area (Å²) in [4.78, 5) is 23.6.